The quantitative estimate of drug-likeness (QED) is 0.320. The number of benzene rings is 3. The molecule has 0 saturated heterocycles. The molecule has 4 aromatic rings. The lowest BCUT2D eigenvalue weighted by Gasteiger charge is -2.21. The van der Waals surface area contributed by atoms with Crippen molar-refractivity contribution in [1.29, 1.82) is 0 Å². The summed E-state index contributed by atoms with van der Waals surface area (Å²) in [5.41, 5.74) is 1.94. The van der Waals surface area contributed by atoms with Gasteiger partial charge in [-0.25, -0.2) is 4.79 Å². The van der Waals surface area contributed by atoms with E-state index in [-0.39, 0.29) is 35.5 Å². The molecule has 1 aliphatic heterocycles. The van der Waals surface area contributed by atoms with Crippen molar-refractivity contribution in [3.8, 4) is 0 Å². The smallest absolute Gasteiger partial charge is 0.416 e. The van der Waals surface area contributed by atoms with Crippen LogP contribution in [-0.2, 0) is 19.3 Å². The van der Waals surface area contributed by atoms with E-state index < -0.39 is 23.8 Å². The van der Waals surface area contributed by atoms with Gasteiger partial charge in [0.05, 0.1) is 22.6 Å². The summed E-state index contributed by atoms with van der Waals surface area (Å²) in [6.07, 6.45) is -4.48. The highest BCUT2D eigenvalue weighted by molar-refractivity contribution is 5.94. The number of hydrogen-bond donors (Lipinski definition) is 2. The van der Waals surface area contributed by atoms with Gasteiger partial charge in [-0.2, -0.15) is 13.2 Å². The van der Waals surface area contributed by atoms with Crippen LogP contribution in [0.5, 0.6) is 0 Å². The number of fused-ring (bicyclic) bond motifs is 2. The average Bonchev–Trinajstić information content (AvgIpc) is 3.28. The average molecular weight is 508 g/mol. The van der Waals surface area contributed by atoms with Gasteiger partial charge in [-0.1, -0.05) is 30.3 Å². The van der Waals surface area contributed by atoms with Crippen molar-refractivity contribution in [2.75, 3.05) is 10.2 Å². The summed E-state index contributed by atoms with van der Waals surface area (Å²) < 4.78 is 46.8. The molecule has 37 heavy (non-hydrogen) atoms. The van der Waals surface area contributed by atoms with Crippen LogP contribution >= 0.6 is 0 Å². The standard InChI is InChI=1S/C28H23F3N2O4/c1-15-10-19(16(2)32-23-9-4-3-7-18(23)27(35)36)26-20(11-15)24(34)12-25(37-26)33-13-17-6-5-8-22(21(17)14-33)28(29,30)31/h3-12,16,32H,13-14H2,1-2H3,(H,35,36). The number of anilines is 2. The third-order valence-electron chi connectivity index (χ3n) is 6.58. The Hall–Kier alpha value is -4.27. The first kappa shape index (κ1) is 24.4. The third kappa shape index (κ3) is 4.52. The fraction of sp³-hybridized carbons (Fsp3) is 0.214. The van der Waals surface area contributed by atoms with E-state index in [2.05, 4.69) is 5.32 Å². The lowest BCUT2D eigenvalue weighted by atomic mass is 10.0. The number of carboxylic acid groups (broad SMARTS) is 1. The van der Waals surface area contributed by atoms with Crippen molar-refractivity contribution in [2.24, 2.45) is 0 Å². The second-order valence-electron chi connectivity index (χ2n) is 9.19. The monoisotopic (exact) mass is 508 g/mol. The van der Waals surface area contributed by atoms with E-state index in [9.17, 15) is 27.9 Å². The first-order valence-corrected chi connectivity index (χ1v) is 11.6. The molecular formula is C28H23F3N2O4. The van der Waals surface area contributed by atoms with E-state index in [1.54, 1.807) is 35.2 Å². The number of nitrogens with zero attached hydrogens (tertiary/aromatic N) is 1. The fourth-order valence-electron chi connectivity index (χ4n) is 4.85. The summed E-state index contributed by atoms with van der Waals surface area (Å²) in [7, 11) is 0. The number of carbonyl (C=O) groups is 1. The molecule has 6 nitrogen and oxygen atoms in total. The van der Waals surface area contributed by atoms with E-state index in [0.29, 0.717) is 27.8 Å². The molecule has 3 aromatic carbocycles. The van der Waals surface area contributed by atoms with Crippen LogP contribution in [0.1, 0.15) is 51.1 Å². The van der Waals surface area contributed by atoms with Gasteiger partial charge in [-0.05, 0) is 54.8 Å². The molecule has 0 radical (unpaired) electrons. The zero-order chi connectivity index (χ0) is 26.5. The second-order valence-corrected chi connectivity index (χ2v) is 9.19. The number of aromatic carboxylic acids is 1. The molecule has 190 valence electrons. The van der Waals surface area contributed by atoms with E-state index in [1.165, 1.54) is 18.2 Å². The summed E-state index contributed by atoms with van der Waals surface area (Å²) in [6.45, 7) is 3.79. The first-order valence-electron chi connectivity index (χ1n) is 11.6. The van der Waals surface area contributed by atoms with Gasteiger partial charge in [-0.3, -0.25) is 4.79 Å². The fourth-order valence-corrected chi connectivity index (χ4v) is 4.85. The molecular weight excluding hydrogens is 485 g/mol. The normalized spacial score (nSPS) is 14.0. The molecule has 1 unspecified atom stereocenters. The number of halogens is 3. The van der Waals surface area contributed by atoms with Crippen LogP contribution in [0.4, 0.5) is 24.7 Å². The summed E-state index contributed by atoms with van der Waals surface area (Å²) >= 11 is 0. The van der Waals surface area contributed by atoms with E-state index in [0.717, 1.165) is 11.6 Å². The lowest BCUT2D eigenvalue weighted by Crippen LogP contribution is -2.18. The second kappa shape index (κ2) is 8.99. The van der Waals surface area contributed by atoms with Crippen LogP contribution in [0.25, 0.3) is 11.0 Å². The van der Waals surface area contributed by atoms with Gasteiger partial charge in [0.2, 0.25) is 5.88 Å². The molecule has 1 aliphatic rings. The van der Waals surface area contributed by atoms with E-state index in [1.807, 2.05) is 19.9 Å². The van der Waals surface area contributed by atoms with Crippen LogP contribution in [0.3, 0.4) is 0 Å². The molecule has 2 heterocycles. The van der Waals surface area contributed by atoms with Crippen molar-refractivity contribution in [1.82, 2.24) is 0 Å². The molecule has 0 fully saturated rings. The maximum atomic E-state index is 13.5. The third-order valence-corrected chi connectivity index (χ3v) is 6.58. The molecule has 0 bridgehead atoms. The molecule has 0 saturated carbocycles. The Morgan fingerprint density at radius 1 is 1.08 bits per heavy atom. The number of aryl methyl sites for hydroxylation is 1. The van der Waals surface area contributed by atoms with Crippen LogP contribution in [-0.4, -0.2) is 11.1 Å². The van der Waals surface area contributed by atoms with Crippen molar-refractivity contribution in [3.63, 3.8) is 0 Å². The number of hydrogen-bond acceptors (Lipinski definition) is 5. The highest BCUT2D eigenvalue weighted by Gasteiger charge is 2.37. The van der Waals surface area contributed by atoms with Crippen LogP contribution in [0.15, 0.2) is 69.9 Å². The summed E-state index contributed by atoms with van der Waals surface area (Å²) in [5.74, 6) is -0.907. The zero-order valence-electron chi connectivity index (χ0n) is 20.0. The Kier molecular flexibility index (Phi) is 5.94. The predicted octanol–water partition coefficient (Wildman–Crippen LogP) is 6.51. The summed E-state index contributed by atoms with van der Waals surface area (Å²) in [6, 6.07) is 15.0. The van der Waals surface area contributed by atoms with Crippen LogP contribution < -0.4 is 15.6 Å². The predicted molar refractivity (Wildman–Crippen MR) is 134 cm³/mol. The molecule has 9 heteroatoms. The van der Waals surface area contributed by atoms with Gasteiger partial charge in [0.25, 0.3) is 0 Å². The highest BCUT2D eigenvalue weighted by atomic mass is 19.4. The Balaban J connectivity index is 1.56. The Morgan fingerprint density at radius 2 is 1.84 bits per heavy atom. The number of para-hydroxylation sites is 1. The van der Waals surface area contributed by atoms with Crippen molar-refractivity contribution >= 4 is 28.5 Å². The van der Waals surface area contributed by atoms with E-state index >= 15 is 0 Å². The Morgan fingerprint density at radius 3 is 2.57 bits per heavy atom. The van der Waals surface area contributed by atoms with E-state index in [4.69, 9.17) is 4.42 Å². The van der Waals surface area contributed by atoms with Gasteiger partial charge >= 0.3 is 12.1 Å². The molecule has 0 aliphatic carbocycles. The van der Waals surface area contributed by atoms with Crippen molar-refractivity contribution < 1.29 is 27.5 Å². The van der Waals surface area contributed by atoms with Crippen molar-refractivity contribution in [3.05, 3.63) is 104 Å². The molecule has 1 atom stereocenters. The topological polar surface area (TPSA) is 82.8 Å². The Bertz CT molecular complexity index is 1590. The minimum Gasteiger partial charge on any atom is -0.478 e. The first-order chi connectivity index (χ1) is 17.5. The lowest BCUT2D eigenvalue weighted by molar-refractivity contribution is -0.138. The largest absolute Gasteiger partial charge is 0.478 e. The number of rotatable bonds is 5. The molecule has 5 rings (SSSR count). The molecule has 0 amide bonds. The highest BCUT2D eigenvalue weighted by Crippen LogP contribution is 2.39. The van der Waals surface area contributed by atoms with Gasteiger partial charge in [-0.15, -0.1) is 0 Å². The van der Waals surface area contributed by atoms with Crippen molar-refractivity contribution in [2.45, 2.75) is 39.2 Å². The number of nitrogens with one attached hydrogen (secondary N) is 1. The minimum absolute atomic E-state index is 0.0412. The maximum Gasteiger partial charge on any atom is 0.416 e. The number of alkyl halides is 3. The molecule has 0 spiro atoms. The maximum absolute atomic E-state index is 13.5. The summed E-state index contributed by atoms with van der Waals surface area (Å²) in [4.78, 5) is 26.4. The zero-order valence-corrected chi connectivity index (χ0v) is 20.0. The molecule has 1 aromatic heterocycles. The van der Waals surface area contributed by atoms with Gasteiger partial charge in [0.15, 0.2) is 5.43 Å². The van der Waals surface area contributed by atoms with Crippen LogP contribution in [0.2, 0.25) is 0 Å². The Labute approximate surface area is 210 Å². The summed E-state index contributed by atoms with van der Waals surface area (Å²) in [5, 5.41) is 13.1. The van der Waals surface area contributed by atoms with Gasteiger partial charge < -0.3 is 19.7 Å². The number of carboxylic acids is 1. The van der Waals surface area contributed by atoms with Gasteiger partial charge in [0.1, 0.15) is 5.58 Å². The molecule has 2 N–H and O–H groups in total. The van der Waals surface area contributed by atoms with Gasteiger partial charge in [0, 0.05) is 30.4 Å². The SMILES string of the molecule is Cc1cc(C(C)Nc2ccccc2C(=O)O)c2oc(N3Cc4cccc(C(F)(F)F)c4C3)cc(=O)c2c1. The van der Waals surface area contributed by atoms with Crippen LogP contribution in [0, 0.1) is 6.92 Å². The minimum atomic E-state index is -4.48.